The number of carbonyl (C=O) groups excluding carboxylic acids is 2. The number of aromatic nitrogens is 3. The lowest BCUT2D eigenvalue weighted by Gasteiger charge is -2.17. The van der Waals surface area contributed by atoms with E-state index in [9.17, 15) is 14.0 Å². The van der Waals surface area contributed by atoms with Crippen molar-refractivity contribution in [2.45, 2.75) is 26.3 Å². The van der Waals surface area contributed by atoms with Crippen molar-refractivity contribution in [3.63, 3.8) is 0 Å². The maximum atomic E-state index is 13.3. The highest BCUT2D eigenvalue weighted by molar-refractivity contribution is 6.01. The summed E-state index contributed by atoms with van der Waals surface area (Å²) in [4.78, 5) is 40.0. The molecule has 4 rings (SSSR count). The summed E-state index contributed by atoms with van der Waals surface area (Å²) in [5.74, 6) is -0.256. The van der Waals surface area contributed by atoms with Crippen molar-refractivity contribution in [3.8, 4) is 11.3 Å². The van der Waals surface area contributed by atoms with E-state index in [1.165, 1.54) is 12.1 Å². The highest BCUT2D eigenvalue weighted by Crippen LogP contribution is 2.23. The van der Waals surface area contributed by atoms with Gasteiger partial charge in [0.15, 0.2) is 0 Å². The smallest absolute Gasteiger partial charge is 0.253 e. The lowest BCUT2D eigenvalue weighted by atomic mass is 10.0. The molecule has 0 aliphatic carbocycles. The summed E-state index contributed by atoms with van der Waals surface area (Å²) in [5.41, 5.74) is 2.57. The number of hydrogen-bond acceptors (Lipinski definition) is 5. The number of benzene rings is 1. The third-order valence-corrected chi connectivity index (χ3v) is 5.15. The average Bonchev–Trinajstić information content (AvgIpc) is 3.33. The van der Waals surface area contributed by atoms with Gasteiger partial charge in [0.1, 0.15) is 11.6 Å². The first-order valence-electron chi connectivity index (χ1n) is 10.1. The van der Waals surface area contributed by atoms with Gasteiger partial charge in [-0.05, 0) is 50.1 Å². The van der Waals surface area contributed by atoms with E-state index in [1.807, 2.05) is 0 Å². The number of pyridine rings is 1. The van der Waals surface area contributed by atoms with Crippen molar-refractivity contribution in [3.05, 3.63) is 77.3 Å². The molecule has 2 amide bonds. The standard InChI is InChI=1S/C23H22FN5O2/c1-15-25-11-16(12-26-15)13-28-22(30)18-8-17(21-5-4-20(24)14-27-21)9-19(10-18)23(31)29-6-2-3-7-29/h4-5,8-12,14H,2-3,6-7,13H2,1H3,(H,28,30). The summed E-state index contributed by atoms with van der Waals surface area (Å²) >= 11 is 0. The lowest BCUT2D eigenvalue weighted by Crippen LogP contribution is -2.28. The van der Waals surface area contributed by atoms with Crippen molar-refractivity contribution >= 4 is 11.8 Å². The van der Waals surface area contributed by atoms with Crippen LogP contribution in [0, 0.1) is 12.7 Å². The van der Waals surface area contributed by atoms with Gasteiger partial charge in [0.05, 0.1) is 11.9 Å². The van der Waals surface area contributed by atoms with E-state index < -0.39 is 5.82 Å². The minimum Gasteiger partial charge on any atom is -0.348 e. The number of aryl methyl sites for hydroxylation is 1. The van der Waals surface area contributed by atoms with E-state index in [2.05, 4.69) is 20.3 Å². The number of rotatable bonds is 5. The van der Waals surface area contributed by atoms with E-state index in [1.54, 1.807) is 42.4 Å². The number of halogens is 1. The van der Waals surface area contributed by atoms with Crippen LogP contribution >= 0.6 is 0 Å². The molecule has 1 aliphatic heterocycles. The van der Waals surface area contributed by atoms with Crippen molar-refractivity contribution in [2.75, 3.05) is 13.1 Å². The minimum atomic E-state index is -0.452. The molecule has 7 nitrogen and oxygen atoms in total. The maximum Gasteiger partial charge on any atom is 0.253 e. The first kappa shape index (κ1) is 20.6. The molecule has 1 N–H and O–H groups in total. The van der Waals surface area contributed by atoms with Crippen LogP contribution in [0.4, 0.5) is 4.39 Å². The molecule has 1 aromatic carbocycles. The Morgan fingerprint density at radius 3 is 2.39 bits per heavy atom. The van der Waals surface area contributed by atoms with E-state index >= 15 is 0 Å². The van der Waals surface area contributed by atoms with Gasteiger partial charge in [-0.3, -0.25) is 14.6 Å². The predicted molar refractivity (Wildman–Crippen MR) is 113 cm³/mol. The van der Waals surface area contributed by atoms with Crippen molar-refractivity contribution < 1.29 is 14.0 Å². The Labute approximate surface area is 179 Å². The van der Waals surface area contributed by atoms with Crippen LogP contribution in [0.1, 0.15) is 44.9 Å². The molecule has 0 radical (unpaired) electrons. The van der Waals surface area contributed by atoms with E-state index in [0.29, 0.717) is 41.3 Å². The van der Waals surface area contributed by atoms with Gasteiger partial charge < -0.3 is 10.2 Å². The van der Waals surface area contributed by atoms with Gasteiger partial charge in [-0.2, -0.15) is 0 Å². The topological polar surface area (TPSA) is 88.1 Å². The summed E-state index contributed by atoms with van der Waals surface area (Å²) in [6.45, 7) is 3.45. The summed E-state index contributed by atoms with van der Waals surface area (Å²) < 4.78 is 13.3. The molecule has 1 fully saturated rings. The summed E-state index contributed by atoms with van der Waals surface area (Å²) in [5, 5.41) is 2.83. The quantitative estimate of drug-likeness (QED) is 0.686. The second-order valence-electron chi connectivity index (χ2n) is 7.48. The first-order chi connectivity index (χ1) is 15.0. The van der Waals surface area contributed by atoms with Gasteiger partial charge in [0, 0.05) is 54.3 Å². The van der Waals surface area contributed by atoms with E-state index in [0.717, 1.165) is 24.6 Å². The van der Waals surface area contributed by atoms with Crippen LogP contribution < -0.4 is 5.32 Å². The van der Waals surface area contributed by atoms with Gasteiger partial charge in [-0.1, -0.05) is 0 Å². The van der Waals surface area contributed by atoms with Gasteiger partial charge in [-0.15, -0.1) is 0 Å². The zero-order valence-corrected chi connectivity index (χ0v) is 17.1. The van der Waals surface area contributed by atoms with Crippen LogP contribution in [-0.2, 0) is 6.54 Å². The fourth-order valence-electron chi connectivity index (χ4n) is 3.47. The van der Waals surface area contributed by atoms with Crippen LogP contribution in [0.15, 0.2) is 48.9 Å². The molecule has 3 heterocycles. The Balaban J connectivity index is 1.63. The minimum absolute atomic E-state index is 0.123. The third-order valence-electron chi connectivity index (χ3n) is 5.15. The van der Waals surface area contributed by atoms with Gasteiger partial charge in [0.2, 0.25) is 0 Å². The van der Waals surface area contributed by atoms with Crippen molar-refractivity contribution in [1.82, 2.24) is 25.2 Å². The molecule has 1 saturated heterocycles. The highest BCUT2D eigenvalue weighted by Gasteiger charge is 2.22. The molecule has 8 heteroatoms. The fraction of sp³-hybridized carbons (Fsp3) is 0.261. The number of nitrogens with one attached hydrogen (secondary N) is 1. The van der Waals surface area contributed by atoms with Crippen LogP contribution in [0.25, 0.3) is 11.3 Å². The van der Waals surface area contributed by atoms with Crippen molar-refractivity contribution in [1.29, 1.82) is 0 Å². The van der Waals surface area contributed by atoms with Crippen LogP contribution in [0.2, 0.25) is 0 Å². The number of hydrogen-bond donors (Lipinski definition) is 1. The molecular formula is C23H22FN5O2. The van der Waals surface area contributed by atoms with Gasteiger partial charge in [0.25, 0.3) is 11.8 Å². The van der Waals surface area contributed by atoms with Crippen LogP contribution in [0.3, 0.4) is 0 Å². The molecule has 0 spiro atoms. The molecular weight excluding hydrogens is 397 g/mol. The maximum absolute atomic E-state index is 13.3. The largest absolute Gasteiger partial charge is 0.348 e. The number of nitrogens with zero attached hydrogens (tertiary/aromatic N) is 4. The lowest BCUT2D eigenvalue weighted by molar-refractivity contribution is 0.0793. The van der Waals surface area contributed by atoms with Gasteiger partial charge >= 0.3 is 0 Å². The Hall–Kier alpha value is -3.68. The molecule has 0 bridgehead atoms. The van der Waals surface area contributed by atoms with Crippen LogP contribution in [0.5, 0.6) is 0 Å². The molecule has 0 atom stereocenters. The summed E-state index contributed by atoms with van der Waals surface area (Å²) in [7, 11) is 0. The van der Waals surface area contributed by atoms with Crippen molar-refractivity contribution in [2.24, 2.45) is 0 Å². The Bertz CT molecular complexity index is 1090. The van der Waals surface area contributed by atoms with Crippen LogP contribution in [-0.4, -0.2) is 44.8 Å². The molecule has 0 unspecified atom stereocenters. The fourth-order valence-corrected chi connectivity index (χ4v) is 3.47. The van der Waals surface area contributed by atoms with E-state index in [-0.39, 0.29) is 18.4 Å². The van der Waals surface area contributed by atoms with E-state index in [4.69, 9.17) is 0 Å². The normalized spacial score (nSPS) is 13.3. The van der Waals surface area contributed by atoms with Gasteiger partial charge in [-0.25, -0.2) is 14.4 Å². The third kappa shape index (κ3) is 4.91. The average molecular weight is 419 g/mol. The second kappa shape index (κ2) is 8.99. The molecule has 0 saturated carbocycles. The summed E-state index contributed by atoms with van der Waals surface area (Å²) in [6.07, 6.45) is 6.36. The number of likely N-dealkylation sites (tertiary alicyclic amines) is 1. The Morgan fingerprint density at radius 1 is 1.00 bits per heavy atom. The molecule has 3 aromatic rings. The molecule has 158 valence electrons. The second-order valence-corrected chi connectivity index (χ2v) is 7.48. The SMILES string of the molecule is Cc1ncc(CNC(=O)c2cc(C(=O)N3CCCC3)cc(-c3ccc(F)cn3)c2)cn1. The zero-order valence-electron chi connectivity index (χ0n) is 17.1. The molecule has 1 aliphatic rings. The molecule has 2 aromatic heterocycles. The first-order valence-corrected chi connectivity index (χ1v) is 10.1. The zero-order chi connectivity index (χ0) is 21.8. The number of carbonyl (C=O) groups is 2. The predicted octanol–water partition coefficient (Wildman–Crippen LogP) is 3.15. The highest BCUT2D eigenvalue weighted by atomic mass is 19.1. The number of amides is 2. The molecule has 31 heavy (non-hydrogen) atoms. The Morgan fingerprint density at radius 2 is 1.71 bits per heavy atom. The monoisotopic (exact) mass is 419 g/mol. The summed E-state index contributed by atoms with van der Waals surface area (Å²) in [6, 6.07) is 7.77. The Kier molecular flexibility index (Phi) is 5.97.